The van der Waals surface area contributed by atoms with Gasteiger partial charge in [-0.3, -0.25) is 0 Å². The first-order chi connectivity index (χ1) is 8.08. The van der Waals surface area contributed by atoms with Crippen molar-refractivity contribution in [3.8, 4) is 11.5 Å². The molecule has 4 N–H and O–H groups in total. The highest BCUT2D eigenvalue weighted by Gasteiger charge is 2.10. The van der Waals surface area contributed by atoms with E-state index in [2.05, 4.69) is 38.7 Å². The normalized spacial score (nSPS) is 10.3. The highest BCUT2D eigenvalue weighted by atomic mass is 79.9. The van der Waals surface area contributed by atoms with E-state index >= 15 is 0 Å². The van der Waals surface area contributed by atoms with Gasteiger partial charge in [-0.25, -0.2) is 0 Å². The molecule has 0 fully saturated rings. The molecular weight excluding hydrogens is 306 g/mol. The average Bonchev–Trinajstić information content (AvgIpc) is 2.27. The maximum absolute atomic E-state index is 5.27. The van der Waals surface area contributed by atoms with Gasteiger partial charge in [-0.1, -0.05) is 0 Å². The summed E-state index contributed by atoms with van der Waals surface area (Å²) >= 11 is 8.05. The predicted octanol–water partition coefficient (Wildman–Crippen LogP) is -0.286. The summed E-state index contributed by atoms with van der Waals surface area (Å²) in [5, 5.41) is 2.93. The maximum Gasteiger partial charge on any atom is 0.221 e. The van der Waals surface area contributed by atoms with E-state index in [0.717, 1.165) is 10.0 Å². The molecule has 0 unspecified atom stereocenters. The van der Waals surface area contributed by atoms with Crippen LogP contribution >= 0.6 is 28.1 Å². The summed E-state index contributed by atoms with van der Waals surface area (Å²) in [6.45, 7) is 0. The van der Waals surface area contributed by atoms with Crippen LogP contribution in [0.3, 0.4) is 0 Å². The van der Waals surface area contributed by atoms with Crippen molar-refractivity contribution in [3.05, 3.63) is 22.2 Å². The number of ether oxygens (including phenoxy) is 2. The van der Waals surface area contributed by atoms with E-state index in [4.69, 9.17) is 15.2 Å². The Morgan fingerprint density at radius 1 is 1.47 bits per heavy atom. The summed E-state index contributed by atoms with van der Waals surface area (Å²) < 4.78 is 11.2. The Kier molecular flexibility index (Phi) is 5.17. The molecule has 5 nitrogen and oxygen atoms in total. The number of nitrogens with one attached hydrogen (secondary N) is 2. The lowest BCUT2D eigenvalue weighted by Crippen LogP contribution is -2.82. The number of benzene rings is 1. The van der Waals surface area contributed by atoms with Gasteiger partial charge in [-0.2, -0.15) is 0 Å². The largest absolute Gasteiger partial charge is 0.493 e. The molecule has 0 aliphatic rings. The number of hydrazine groups is 1. The van der Waals surface area contributed by atoms with Crippen LogP contribution in [0.4, 0.5) is 0 Å². The lowest BCUT2D eigenvalue weighted by molar-refractivity contribution is -0.499. The van der Waals surface area contributed by atoms with Gasteiger partial charge in [-0.15, -0.1) is 10.5 Å². The molecular formula is C10H13BrN3O2S+. The zero-order valence-corrected chi connectivity index (χ0v) is 11.8. The molecule has 1 aromatic rings. The third kappa shape index (κ3) is 3.86. The minimum Gasteiger partial charge on any atom is -0.493 e. The molecule has 0 bridgehead atoms. The molecule has 0 radical (unpaired) electrons. The summed E-state index contributed by atoms with van der Waals surface area (Å²) in [6, 6.07) is 3.69. The molecule has 0 spiro atoms. The van der Waals surface area contributed by atoms with Crippen LogP contribution < -0.4 is 25.7 Å². The van der Waals surface area contributed by atoms with Gasteiger partial charge >= 0.3 is 0 Å². The standard InChI is InChI=1S/C10H12BrN3O2S/c1-15-8-4-6(5-13-14-10(12)17)3-7(11)9(8)16-2/h3-5H,1-2H3,(H3,12,14,17)/p+1. The maximum atomic E-state index is 5.27. The van der Waals surface area contributed by atoms with Crippen LogP contribution in [0.1, 0.15) is 5.56 Å². The van der Waals surface area contributed by atoms with E-state index in [1.165, 1.54) is 0 Å². The lowest BCUT2D eigenvalue weighted by Gasteiger charge is -2.09. The highest BCUT2D eigenvalue weighted by molar-refractivity contribution is 9.10. The van der Waals surface area contributed by atoms with Crippen molar-refractivity contribution in [2.24, 2.45) is 5.73 Å². The van der Waals surface area contributed by atoms with Gasteiger partial charge in [0.25, 0.3) is 0 Å². The molecule has 17 heavy (non-hydrogen) atoms. The summed E-state index contributed by atoms with van der Waals surface area (Å²) in [5.41, 5.74) is 8.74. The smallest absolute Gasteiger partial charge is 0.221 e. The second-order valence-electron chi connectivity index (χ2n) is 3.02. The Labute approximate surface area is 113 Å². The molecule has 1 rings (SSSR count). The van der Waals surface area contributed by atoms with Crippen molar-refractivity contribution < 1.29 is 14.6 Å². The van der Waals surface area contributed by atoms with Gasteiger partial charge in [0.1, 0.15) is 0 Å². The highest BCUT2D eigenvalue weighted by Crippen LogP contribution is 2.35. The Morgan fingerprint density at radius 2 is 2.18 bits per heavy atom. The van der Waals surface area contributed by atoms with E-state index in [-0.39, 0.29) is 5.11 Å². The zero-order chi connectivity index (χ0) is 12.8. The first-order valence-corrected chi connectivity index (χ1v) is 5.84. The van der Waals surface area contributed by atoms with Crippen LogP contribution in [0.2, 0.25) is 0 Å². The first-order valence-electron chi connectivity index (χ1n) is 4.64. The Morgan fingerprint density at radius 3 is 2.71 bits per heavy atom. The van der Waals surface area contributed by atoms with E-state index in [1.54, 1.807) is 20.4 Å². The number of rotatable bonds is 4. The number of thiocarbonyl (C=S) groups is 1. The van der Waals surface area contributed by atoms with E-state index in [1.807, 2.05) is 12.1 Å². The van der Waals surface area contributed by atoms with Crippen LogP contribution in [-0.4, -0.2) is 25.5 Å². The molecule has 7 heteroatoms. The molecule has 92 valence electrons. The number of methoxy groups -OCH3 is 2. The SMILES string of the molecule is COc1cc(C=[NH+]NC(N)=S)cc(Br)c1OC. The predicted molar refractivity (Wildman–Crippen MR) is 73.3 cm³/mol. The molecule has 0 amide bonds. The molecule has 0 saturated heterocycles. The number of nitrogens with two attached hydrogens (primary N) is 1. The Balaban J connectivity index is 2.99. The summed E-state index contributed by atoms with van der Waals surface area (Å²) in [6.07, 6.45) is 1.70. The molecule has 0 aliphatic heterocycles. The van der Waals surface area contributed by atoms with Gasteiger partial charge < -0.3 is 15.2 Å². The van der Waals surface area contributed by atoms with Gasteiger partial charge in [0.05, 0.1) is 18.7 Å². The van der Waals surface area contributed by atoms with E-state index < -0.39 is 0 Å². The third-order valence-electron chi connectivity index (χ3n) is 1.89. The van der Waals surface area contributed by atoms with Gasteiger partial charge in [0, 0.05) is 5.56 Å². The van der Waals surface area contributed by atoms with Crippen molar-refractivity contribution >= 4 is 39.5 Å². The Bertz CT molecular complexity index is 451. The number of hydrogen-bond donors (Lipinski definition) is 3. The molecule has 0 atom stereocenters. The van der Waals surface area contributed by atoms with Crippen molar-refractivity contribution in [1.29, 1.82) is 0 Å². The van der Waals surface area contributed by atoms with Crippen molar-refractivity contribution in [2.75, 3.05) is 14.2 Å². The van der Waals surface area contributed by atoms with Gasteiger partial charge in [0.2, 0.25) is 5.11 Å². The molecule has 1 aromatic carbocycles. The van der Waals surface area contributed by atoms with Gasteiger partial charge in [0.15, 0.2) is 17.7 Å². The first kappa shape index (κ1) is 13.7. The third-order valence-corrected chi connectivity index (χ3v) is 2.58. The van der Waals surface area contributed by atoms with E-state index in [0.29, 0.717) is 11.5 Å². The lowest BCUT2D eigenvalue weighted by atomic mass is 10.2. The fourth-order valence-electron chi connectivity index (χ4n) is 1.21. The average molecular weight is 319 g/mol. The fourth-order valence-corrected chi connectivity index (χ4v) is 1.89. The number of hydrazone groups is 1. The Hall–Kier alpha value is -1.34. The summed E-state index contributed by atoms with van der Waals surface area (Å²) in [5.74, 6) is 1.28. The monoisotopic (exact) mass is 318 g/mol. The zero-order valence-electron chi connectivity index (χ0n) is 9.41. The van der Waals surface area contributed by atoms with Crippen molar-refractivity contribution in [2.45, 2.75) is 0 Å². The number of hydrogen-bond acceptors (Lipinski definition) is 3. The van der Waals surface area contributed by atoms with Crippen LogP contribution in [0.5, 0.6) is 11.5 Å². The van der Waals surface area contributed by atoms with Crippen LogP contribution in [0.25, 0.3) is 0 Å². The van der Waals surface area contributed by atoms with Crippen LogP contribution in [0, 0.1) is 0 Å². The molecule has 0 aromatic heterocycles. The molecule has 0 saturated carbocycles. The van der Waals surface area contributed by atoms with Crippen molar-refractivity contribution in [1.82, 2.24) is 5.43 Å². The fraction of sp³-hybridized carbons (Fsp3) is 0.200. The van der Waals surface area contributed by atoms with Gasteiger partial charge in [-0.05, 0) is 40.3 Å². The minimum absolute atomic E-state index is 0.167. The molecule has 0 aliphatic carbocycles. The number of halogens is 1. The second-order valence-corrected chi connectivity index (χ2v) is 4.31. The minimum atomic E-state index is 0.167. The quantitative estimate of drug-likeness (QED) is 0.404. The summed E-state index contributed by atoms with van der Waals surface area (Å²) in [7, 11) is 3.16. The van der Waals surface area contributed by atoms with Crippen LogP contribution in [0.15, 0.2) is 16.6 Å². The topological polar surface area (TPSA) is 70.5 Å². The van der Waals surface area contributed by atoms with Crippen molar-refractivity contribution in [3.63, 3.8) is 0 Å². The summed E-state index contributed by atoms with van der Waals surface area (Å²) in [4.78, 5) is 0. The second kappa shape index (κ2) is 6.41. The van der Waals surface area contributed by atoms with Crippen LogP contribution in [-0.2, 0) is 0 Å². The molecule has 0 heterocycles. The van der Waals surface area contributed by atoms with E-state index in [9.17, 15) is 0 Å².